The van der Waals surface area contributed by atoms with Gasteiger partial charge in [-0.1, -0.05) is 12.1 Å². The Morgan fingerprint density at radius 2 is 2.32 bits per heavy atom. The van der Waals surface area contributed by atoms with Crippen LogP contribution in [-0.4, -0.2) is 59.6 Å². The maximum absolute atomic E-state index is 13.0. The summed E-state index contributed by atoms with van der Waals surface area (Å²) in [6.07, 6.45) is 5.08. The number of fused-ring (bicyclic) bond motifs is 1. The summed E-state index contributed by atoms with van der Waals surface area (Å²) in [6, 6.07) is 5.55. The van der Waals surface area contributed by atoms with E-state index >= 15 is 0 Å². The normalized spacial score (nSPS) is 21.0. The largest absolute Gasteiger partial charge is 0.388 e. The quantitative estimate of drug-likeness (QED) is 0.738. The molecule has 25 heavy (non-hydrogen) atoms. The van der Waals surface area contributed by atoms with E-state index in [1.54, 1.807) is 28.1 Å². The average molecular weight is 340 g/mol. The second-order valence-electron chi connectivity index (χ2n) is 6.73. The molecular formula is C17H20N6O2. The van der Waals surface area contributed by atoms with Crippen molar-refractivity contribution in [1.29, 1.82) is 0 Å². The molecule has 2 aromatic heterocycles. The number of carbonyl (C=O) groups excluding carboxylic acids is 1. The third kappa shape index (κ3) is 2.89. The van der Waals surface area contributed by atoms with E-state index in [-0.39, 0.29) is 12.5 Å². The Bertz CT molecular complexity index is 917. The summed E-state index contributed by atoms with van der Waals surface area (Å²) in [4.78, 5) is 14.7. The van der Waals surface area contributed by atoms with Crippen LogP contribution < -0.4 is 0 Å². The number of aromatic nitrogens is 5. The number of para-hydroxylation sites is 1. The van der Waals surface area contributed by atoms with Gasteiger partial charge in [-0.25, -0.2) is 0 Å². The van der Waals surface area contributed by atoms with Crippen LogP contribution >= 0.6 is 0 Å². The van der Waals surface area contributed by atoms with E-state index in [0.717, 1.165) is 17.3 Å². The first kappa shape index (κ1) is 15.8. The lowest BCUT2D eigenvalue weighted by atomic mass is 9.89. The van der Waals surface area contributed by atoms with Crippen molar-refractivity contribution in [3.05, 3.63) is 42.1 Å². The Morgan fingerprint density at radius 1 is 1.44 bits per heavy atom. The summed E-state index contributed by atoms with van der Waals surface area (Å²) in [5.74, 6) is 0.624. The Balaban J connectivity index is 1.57. The van der Waals surface area contributed by atoms with E-state index in [1.807, 2.05) is 19.2 Å². The Hall–Kier alpha value is -2.74. The van der Waals surface area contributed by atoms with Gasteiger partial charge < -0.3 is 14.6 Å². The molecule has 1 aliphatic rings. The number of aliphatic hydroxyl groups is 1. The number of benzene rings is 1. The van der Waals surface area contributed by atoms with Gasteiger partial charge in [0.25, 0.3) is 5.91 Å². The van der Waals surface area contributed by atoms with Gasteiger partial charge in [-0.3, -0.25) is 9.89 Å². The van der Waals surface area contributed by atoms with Gasteiger partial charge in [0.05, 0.1) is 29.4 Å². The van der Waals surface area contributed by atoms with E-state index in [2.05, 4.69) is 20.4 Å². The van der Waals surface area contributed by atoms with Gasteiger partial charge in [-0.2, -0.15) is 5.10 Å². The molecule has 0 saturated carbocycles. The number of hydrogen-bond acceptors (Lipinski definition) is 5. The maximum Gasteiger partial charge on any atom is 0.256 e. The minimum Gasteiger partial charge on any atom is -0.388 e. The SMILES string of the molecule is Cn1cnnc1CC1(O)CCCN(C(=O)c2cccc3cn[nH]c23)C1. The topological polar surface area (TPSA) is 99.9 Å². The predicted molar refractivity (Wildman–Crippen MR) is 90.9 cm³/mol. The van der Waals surface area contributed by atoms with Gasteiger partial charge in [-0.05, 0) is 18.9 Å². The van der Waals surface area contributed by atoms with Gasteiger partial charge in [-0.15, -0.1) is 10.2 Å². The van der Waals surface area contributed by atoms with Crippen LogP contribution in [0.3, 0.4) is 0 Å². The van der Waals surface area contributed by atoms with Crippen LogP contribution in [0, 0.1) is 0 Å². The first-order chi connectivity index (χ1) is 12.1. The van der Waals surface area contributed by atoms with Crippen molar-refractivity contribution in [3.8, 4) is 0 Å². The molecule has 3 heterocycles. The Labute approximate surface area is 144 Å². The smallest absolute Gasteiger partial charge is 0.256 e. The van der Waals surface area contributed by atoms with E-state index in [0.29, 0.717) is 30.8 Å². The molecule has 3 aromatic rings. The van der Waals surface area contributed by atoms with E-state index in [4.69, 9.17) is 0 Å². The number of likely N-dealkylation sites (tertiary alicyclic amines) is 1. The van der Waals surface area contributed by atoms with Crippen LogP contribution in [0.25, 0.3) is 10.9 Å². The molecule has 1 aliphatic heterocycles. The van der Waals surface area contributed by atoms with Crippen molar-refractivity contribution in [1.82, 2.24) is 29.9 Å². The summed E-state index contributed by atoms with van der Waals surface area (Å²) >= 11 is 0. The molecule has 1 aromatic carbocycles. The third-order valence-electron chi connectivity index (χ3n) is 4.84. The summed E-state index contributed by atoms with van der Waals surface area (Å²) in [5.41, 5.74) is 0.323. The fourth-order valence-electron chi connectivity index (χ4n) is 3.51. The van der Waals surface area contributed by atoms with Crippen LogP contribution in [0.2, 0.25) is 0 Å². The lowest BCUT2D eigenvalue weighted by Gasteiger charge is -2.39. The number of H-pyrrole nitrogens is 1. The highest BCUT2D eigenvalue weighted by molar-refractivity contribution is 6.05. The van der Waals surface area contributed by atoms with Crippen LogP contribution in [0.1, 0.15) is 29.0 Å². The van der Waals surface area contributed by atoms with Crippen molar-refractivity contribution < 1.29 is 9.90 Å². The number of nitrogens with zero attached hydrogens (tertiary/aromatic N) is 5. The molecule has 1 atom stereocenters. The number of piperidine rings is 1. The number of aryl methyl sites for hydroxylation is 1. The zero-order valence-corrected chi connectivity index (χ0v) is 14.0. The highest BCUT2D eigenvalue weighted by Gasteiger charge is 2.37. The molecule has 130 valence electrons. The number of amides is 1. The highest BCUT2D eigenvalue weighted by atomic mass is 16.3. The van der Waals surface area contributed by atoms with Crippen LogP contribution in [0.15, 0.2) is 30.7 Å². The summed E-state index contributed by atoms with van der Waals surface area (Å²) < 4.78 is 1.80. The van der Waals surface area contributed by atoms with Crippen molar-refractivity contribution in [2.75, 3.05) is 13.1 Å². The molecule has 0 aliphatic carbocycles. The lowest BCUT2D eigenvalue weighted by molar-refractivity contribution is -0.0257. The van der Waals surface area contributed by atoms with Crippen molar-refractivity contribution in [3.63, 3.8) is 0 Å². The molecule has 8 heteroatoms. The van der Waals surface area contributed by atoms with Gasteiger partial charge in [0.15, 0.2) is 0 Å². The number of hydrogen-bond donors (Lipinski definition) is 2. The number of aromatic amines is 1. The van der Waals surface area contributed by atoms with E-state index in [9.17, 15) is 9.90 Å². The molecule has 0 spiro atoms. The lowest BCUT2D eigenvalue weighted by Crippen LogP contribution is -2.51. The first-order valence-corrected chi connectivity index (χ1v) is 8.32. The van der Waals surface area contributed by atoms with Crippen molar-refractivity contribution in [2.45, 2.75) is 24.9 Å². The van der Waals surface area contributed by atoms with Crippen LogP contribution in [0.5, 0.6) is 0 Å². The predicted octanol–water partition coefficient (Wildman–Crippen LogP) is 0.901. The Morgan fingerprint density at radius 3 is 3.12 bits per heavy atom. The number of β-amino-alcohol motifs (C(OH)–C–C–N with tert-alkyl or cyclic N) is 1. The molecule has 4 rings (SSSR count). The maximum atomic E-state index is 13.0. The number of nitrogens with one attached hydrogen (secondary N) is 1. The van der Waals surface area contributed by atoms with Gasteiger partial charge >= 0.3 is 0 Å². The number of rotatable bonds is 3. The minimum atomic E-state index is -0.989. The third-order valence-corrected chi connectivity index (χ3v) is 4.84. The van der Waals surface area contributed by atoms with Crippen LogP contribution in [0.4, 0.5) is 0 Å². The molecule has 2 N–H and O–H groups in total. The molecule has 1 fully saturated rings. The number of carbonyl (C=O) groups is 1. The summed E-state index contributed by atoms with van der Waals surface area (Å²) in [7, 11) is 1.85. The fourth-order valence-corrected chi connectivity index (χ4v) is 3.51. The molecule has 1 saturated heterocycles. The second kappa shape index (κ2) is 5.96. The second-order valence-corrected chi connectivity index (χ2v) is 6.73. The fraction of sp³-hybridized carbons (Fsp3) is 0.412. The van der Waals surface area contributed by atoms with Gasteiger partial charge in [0.2, 0.25) is 0 Å². The molecule has 1 amide bonds. The van der Waals surface area contributed by atoms with E-state index < -0.39 is 5.60 Å². The average Bonchev–Trinajstić information content (AvgIpc) is 3.23. The zero-order chi connectivity index (χ0) is 17.4. The first-order valence-electron chi connectivity index (χ1n) is 8.32. The molecule has 1 unspecified atom stereocenters. The van der Waals surface area contributed by atoms with Crippen molar-refractivity contribution >= 4 is 16.8 Å². The highest BCUT2D eigenvalue weighted by Crippen LogP contribution is 2.27. The minimum absolute atomic E-state index is 0.0917. The van der Waals surface area contributed by atoms with Gasteiger partial charge in [0, 0.05) is 25.4 Å². The summed E-state index contributed by atoms with van der Waals surface area (Å²) in [6.45, 7) is 0.910. The van der Waals surface area contributed by atoms with Gasteiger partial charge in [0.1, 0.15) is 12.2 Å². The Kier molecular flexibility index (Phi) is 3.76. The van der Waals surface area contributed by atoms with Crippen LogP contribution in [-0.2, 0) is 13.5 Å². The molecule has 0 radical (unpaired) electrons. The van der Waals surface area contributed by atoms with Crippen molar-refractivity contribution in [2.24, 2.45) is 7.05 Å². The van der Waals surface area contributed by atoms with E-state index in [1.165, 1.54) is 0 Å². The molecule has 8 nitrogen and oxygen atoms in total. The molecular weight excluding hydrogens is 320 g/mol. The zero-order valence-electron chi connectivity index (χ0n) is 14.0. The standard InChI is InChI=1S/C17H20N6O2/c1-22-11-19-20-14(22)8-17(25)6-3-7-23(10-17)16(24)13-5-2-4-12-9-18-21-15(12)13/h2,4-5,9,11,25H,3,6-8,10H2,1H3,(H,18,21). The monoisotopic (exact) mass is 340 g/mol. The molecule has 0 bridgehead atoms. The summed E-state index contributed by atoms with van der Waals surface area (Å²) in [5, 5.41) is 26.7.